The molecule has 0 saturated carbocycles. The van der Waals surface area contributed by atoms with Crippen LogP contribution in [-0.2, 0) is 9.73 Å². The van der Waals surface area contributed by atoms with E-state index in [0.29, 0.717) is 29.9 Å². The molecule has 0 fully saturated rings. The number of rotatable bonds is 9. The predicted molar refractivity (Wildman–Crippen MR) is 105 cm³/mol. The Kier molecular flexibility index (Phi) is 7.30. The van der Waals surface area contributed by atoms with E-state index in [1.165, 1.54) is 24.5 Å². The molecule has 0 radical (unpaired) electrons. The van der Waals surface area contributed by atoms with Gasteiger partial charge in [-0.2, -0.15) is 4.98 Å². The van der Waals surface area contributed by atoms with Gasteiger partial charge in [0.1, 0.15) is 17.3 Å². The van der Waals surface area contributed by atoms with Crippen LogP contribution in [0, 0.1) is 9.69 Å². The van der Waals surface area contributed by atoms with Gasteiger partial charge in [0.2, 0.25) is 5.28 Å². The molecule has 140 valence electrons. The van der Waals surface area contributed by atoms with Gasteiger partial charge >= 0.3 is 0 Å². The molecule has 1 aromatic carbocycles. The minimum atomic E-state index is -2.96. The molecule has 0 aliphatic heterocycles. The Bertz CT molecular complexity index is 895. The Morgan fingerprint density at radius 2 is 2.19 bits per heavy atom. The van der Waals surface area contributed by atoms with Crippen LogP contribution in [0.2, 0.25) is 5.28 Å². The van der Waals surface area contributed by atoms with Crippen molar-refractivity contribution in [2.24, 2.45) is 5.18 Å². The molecule has 0 spiro atoms. The maximum absolute atomic E-state index is 12.0. The second kappa shape index (κ2) is 9.24. The third-order valence-electron chi connectivity index (χ3n) is 3.29. The lowest BCUT2D eigenvalue weighted by Gasteiger charge is -2.12. The Balaban J connectivity index is 1.86. The lowest BCUT2D eigenvalue weighted by molar-refractivity contribution is 0.301. The Morgan fingerprint density at radius 1 is 1.42 bits per heavy atom. The number of halogens is 2. The summed E-state index contributed by atoms with van der Waals surface area (Å²) in [6.45, 7) is 0.985. The molecule has 0 aliphatic rings. The standard InChI is InChI=1S/C15H17BrClN5O3S/c1-26(18,24)13-5-4-10(22-23)8-12(13)25-7-3-2-6-19-14-11(16)9-20-15(17)21-14/h4-5,8-9,18H,2-3,6-7H2,1H3,(H,19,20,21). The van der Waals surface area contributed by atoms with Crippen molar-refractivity contribution in [2.75, 3.05) is 24.7 Å². The summed E-state index contributed by atoms with van der Waals surface area (Å²) in [4.78, 5) is 18.8. The maximum Gasteiger partial charge on any atom is 0.224 e. The molecule has 1 unspecified atom stereocenters. The fourth-order valence-corrected chi connectivity index (χ4v) is 3.37. The SMILES string of the molecule is CS(=N)(=O)c1ccc(N=O)cc1OCCCCNc1nc(Cl)ncc1Br. The van der Waals surface area contributed by atoms with E-state index in [1.54, 1.807) is 6.20 Å². The van der Waals surface area contributed by atoms with Crippen LogP contribution in [0.3, 0.4) is 0 Å². The summed E-state index contributed by atoms with van der Waals surface area (Å²) in [5.41, 5.74) is 0.166. The van der Waals surface area contributed by atoms with Crippen LogP contribution >= 0.6 is 27.5 Å². The fraction of sp³-hybridized carbons (Fsp3) is 0.333. The number of ether oxygens (including phenoxy) is 1. The molecule has 0 saturated heterocycles. The van der Waals surface area contributed by atoms with Crippen LogP contribution in [0.1, 0.15) is 12.8 Å². The molecule has 1 heterocycles. The minimum absolute atomic E-state index is 0.161. The number of anilines is 1. The summed E-state index contributed by atoms with van der Waals surface area (Å²) >= 11 is 9.09. The zero-order chi connectivity index (χ0) is 19.2. The molecule has 11 heteroatoms. The van der Waals surface area contributed by atoms with E-state index in [9.17, 15) is 9.12 Å². The Labute approximate surface area is 164 Å². The molecule has 0 amide bonds. The molecule has 1 aromatic heterocycles. The zero-order valence-electron chi connectivity index (χ0n) is 13.9. The van der Waals surface area contributed by atoms with Crippen molar-refractivity contribution in [1.82, 2.24) is 9.97 Å². The average molecular weight is 463 g/mol. The van der Waals surface area contributed by atoms with Crippen LogP contribution in [-0.4, -0.2) is 33.6 Å². The highest BCUT2D eigenvalue weighted by Gasteiger charge is 2.13. The molecule has 0 aliphatic carbocycles. The van der Waals surface area contributed by atoms with Crippen molar-refractivity contribution in [1.29, 1.82) is 4.78 Å². The second-order valence-corrected chi connectivity index (χ2v) is 8.70. The van der Waals surface area contributed by atoms with Gasteiger partial charge < -0.3 is 10.1 Å². The summed E-state index contributed by atoms with van der Waals surface area (Å²) in [5.74, 6) is 0.862. The molecule has 2 N–H and O–H groups in total. The second-order valence-electron chi connectivity index (χ2n) is 5.38. The summed E-state index contributed by atoms with van der Waals surface area (Å²) in [6, 6.07) is 4.26. The number of hydrogen-bond acceptors (Lipinski definition) is 8. The van der Waals surface area contributed by atoms with Crippen LogP contribution in [0.25, 0.3) is 0 Å². The molecule has 26 heavy (non-hydrogen) atoms. The van der Waals surface area contributed by atoms with Gasteiger partial charge in [-0.1, -0.05) is 0 Å². The van der Waals surface area contributed by atoms with Gasteiger partial charge in [-0.3, -0.25) is 0 Å². The first-order valence-corrected chi connectivity index (χ1v) is 10.7. The third kappa shape index (κ3) is 5.89. The van der Waals surface area contributed by atoms with Crippen LogP contribution in [0.5, 0.6) is 5.75 Å². The van der Waals surface area contributed by atoms with Crippen molar-refractivity contribution < 1.29 is 8.95 Å². The molecular weight excluding hydrogens is 446 g/mol. The van der Waals surface area contributed by atoms with Crippen molar-refractivity contribution in [2.45, 2.75) is 17.7 Å². The van der Waals surface area contributed by atoms with E-state index >= 15 is 0 Å². The summed E-state index contributed by atoms with van der Waals surface area (Å²) in [7, 11) is -2.96. The Morgan fingerprint density at radius 3 is 2.88 bits per heavy atom. The van der Waals surface area contributed by atoms with Crippen LogP contribution in [0.15, 0.2) is 38.9 Å². The van der Waals surface area contributed by atoms with Crippen molar-refractivity contribution in [3.63, 3.8) is 0 Å². The van der Waals surface area contributed by atoms with Crippen LogP contribution < -0.4 is 10.1 Å². The maximum atomic E-state index is 12.0. The van der Waals surface area contributed by atoms with E-state index in [0.717, 1.165) is 6.42 Å². The van der Waals surface area contributed by atoms with E-state index in [4.69, 9.17) is 21.1 Å². The van der Waals surface area contributed by atoms with Crippen molar-refractivity contribution in [3.05, 3.63) is 39.1 Å². The minimum Gasteiger partial charge on any atom is -0.492 e. The van der Waals surface area contributed by atoms with Gasteiger partial charge in [0, 0.05) is 25.1 Å². The number of unbranched alkanes of at least 4 members (excludes halogenated alkanes) is 1. The van der Waals surface area contributed by atoms with Crippen molar-refractivity contribution in [3.8, 4) is 5.75 Å². The first-order chi connectivity index (χ1) is 12.3. The van der Waals surface area contributed by atoms with Gasteiger partial charge in [0.15, 0.2) is 0 Å². The number of hydrogen-bond donors (Lipinski definition) is 2. The molecule has 8 nitrogen and oxygen atoms in total. The fourth-order valence-electron chi connectivity index (χ4n) is 2.07. The molecule has 1 atom stereocenters. The Hall–Kier alpha value is -1.78. The van der Waals surface area contributed by atoms with Gasteiger partial charge in [-0.15, -0.1) is 4.91 Å². The summed E-state index contributed by atoms with van der Waals surface area (Å²) in [5, 5.41) is 6.14. The average Bonchev–Trinajstić information content (AvgIpc) is 2.59. The molecule has 2 aromatic rings. The summed E-state index contributed by atoms with van der Waals surface area (Å²) in [6.07, 6.45) is 4.35. The van der Waals surface area contributed by atoms with E-state index in [1.807, 2.05) is 0 Å². The quantitative estimate of drug-likeness (QED) is 0.319. The number of aromatic nitrogens is 2. The number of nitrogens with zero attached hydrogens (tertiary/aromatic N) is 3. The highest BCUT2D eigenvalue weighted by molar-refractivity contribution is 9.10. The lowest BCUT2D eigenvalue weighted by Crippen LogP contribution is -2.08. The predicted octanol–water partition coefficient (Wildman–Crippen LogP) is 4.60. The molecular formula is C15H17BrClN5O3S. The van der Waals surface area contributed by atoms with Gasteiger partial charge in [0.05, 0.1) is 25.7 Å². The largest absolute Gasteiger partial charge is 0.492 e. The smallest absolute Gasteiger partial charge is 0.224 e. The summed E-state index contributed by atoms with van der Waals surface area (Å²) < 4.78 is 26.1. The van der Waals surface area contributed by atoms with E-state index in [-0.39, 0.29) is 21.6 Å². The molecule has 2 rings (SSSR count). The van der Waals surface area contributed by atoms with Gasteiger partial charge in [-0.25, -0.2) is 14.0 Å². The zero-order valence-corrected chi connectivity index (χ0v) is 17.0. The normalized spacial score (nSPS) is 13.0. The molecule has 0 bridgehead atoms. The third-order valence-corrected chi connectivity index (χ3v) is 5.23. The number of benzene rings is 1. The van der Waals surface area contributed by atoms with Crippen LogP contribution in [0.4, 0.5) is 11.5 Å². The highest BCUT2D eigenvalue weighted by atomic mass is 79.9. The monoisotopic (exact) mass is 461 g/mol. The van der Waals surface area contributed by atoms with E-state index < -0.39 is 9.73 Å². The van der Waals surface area contributed by atoms with Crippen molar-refractivity contribution >= 4 is 48.8 Å². The van der Waals surface area contributed by atoms with Gasteiger partial charge in [-0.05, 0) is 57.7 Å². The van der Waals surface area contributed by atoms with Gasteiger partial charge in [0.25, 0.3) is 0 Å². The topological polar surface area (TPSA) is 117 Å². The first kappa shape index (κ1) is 20.5. The number of nitrogens with one attached hydrogen (secondary N) is 2. The first-order valence-electron chi connectivity index (χ1n) is 7.57. The number of nitroso groups, excluding NO2 is 1. The highest BCUT2D eigenvalue weighted by Crippen LogP contribution is 2.29. The van der Waals surface area contributed by atoms with E-state index in [2.05, 4.69) is 36.4 Å². The lowest BCUT2D eigenvalue weighted by atomic mass is 10.3.